The molecule has 4 N–H and O–H groups in total. The number of hydrogen-bond acceptors (Lipinski definition) is 6. The number of rotatable bonds is 11. The predicted molar refractivity (Wildman–Crippen MR) is 175 cm³/mol. The Morgan fingerprint density at radius 2 is 1.53 bits per heavy atom. The van der Waals surface area contributed by atoms with E-state index in [9.17, 15) is 19.8 Å². The highest BCUT2D eigenvalue weighted by Gasteiger charge is 2.38. The summed E-state index contributed by atoms with van der Waals surface area (Å²) in [7, 11) is 0. The molecule has 4 atom stereocenters. The van der Waals surface area contributed by atoms with Crippen LogP contribution in [0.4, 0.5) is 4.79 Å². The van der Waals surface area contributed by atoms with Gasteiger partial charge in [0.25, 0.3) is 0 Å². The molecule has 1 heterocycles. The molecule has 45 heavy (non-hydrogen) atoms. The van der Waals surface area contributed by atoms with Gasteiger partial charge in [-0.05, 0) is 71.1 Å². The lowest BCUT2D eigenvalue weighted by molar-refractivity contribution is -0.268. The van der Waals surface area contributed by atoms with Crippen LogP contribution in [0.5, 0.6) is 0 Å². The normalized spacial score (nSPS) is 19.5. The van der Waals surface area contributed by atoms with Crippen LogP contribution in [0.3, 0.4) is 0 Å². The number of hydrogen-bond donors (Lipinski definition) is 4. The SMILES string of the molecule is CCNC(=O)NCc1cccc(-c2cccc(C3OC(CSc4ccc(C(=O)O)cc4)C(C)C(c4ccc(CO)cc4)O3)c2)c1. The Morgan fingerprint density at radius 1 is 0.822 bits per heavy atom. The number of amides is 2. The van der Waals surface area contributed by atoms with Crippen molar-refractivity contribution in [2.75, 3.05) is 12.3 Å². The zero-order valence-corrected chi connectivity index (χ0v) is 26.1. The maximum absolute atomic E-state index is 11.9. The van der Waals surface area contributed by atoms with Crippen LogP contribution < -0.4 is 10.6 Å². The number of aliphatic hydroxyl groups excluding tert-OH is 1. The van der Waals surface area contributed by atoms with E-state index >= 15 is 0 Å². The molecule has 0 aliphatic carbocycles. The number of carbonyl (C=O) groups excluding carboxylic acids is 1. The molecule has 1 aliphatic heterocycles. The van der Waals surface area contributed by atoms with Gasteiger partial charge in [0.05, 0.1) is 24.4 Å². The van der Waals surface area contributed by atoms with Crippen molar-refractivity contribution in [3.05, 3.63) is 125 Å². The minimum atomic E-state index is -0.948. The summed E-state index contributed by atoms with van der Waals surface area (Å²) in [5, 5.41) is 24.4. The van der Waals surface area contributed by atoms with Gasteiger partial charge in [-0.3, -0.25) is 0 Å². The lowest BCUT2D eigenvalue weighted by atomic mass is 9.91. The number of benzene rings is 4. The standard InChI is InChI=1S/C36H38N2O6S/c1-3-37-36(42)38-20-25-6-4-7-28(18-25)29-8-5-9-30(19-29)35-43-32(22-45-31-16-14-27(15-17-31)34(40)41)23(2)33(44-35)26-12-10-24(21-39)11-13-26/h4-19,23,32-33,35,39H,3,20-22H2,1-2H3,(H,40,41)(H2,37,38,42). The number of aliphatic hydroxyl groups is 1. The summed E-state index contributed by atoms with van der Waals surface area (Å²) in [4.78, 5) is 24.1. The van der Waals surface area contributed by atoms with Crippen LogP contribution in [0.25, 0.3) is 11.1 Å². The van der Waals surface area contributed by atoms with Crippen LogP contribution in [-0.2, 0) is 22.6 Å². The lowest BCUT2D eigenvalue weighted by Crippen LogP contribution is -2.38. The second kappa shape index (κ2) is 15.2. The number of carbonyl (C=O) groups is 2. The van der Waals surface area contributed by atoms with Gasteiger partial charge in [-0.2, -0.15) is 0 Å². The van der Waals surface area contributed by atoms with Crippen LogP contribution in [0.1, 0.15) is 58.9 Å². The first-order valence-corrected chi connectivity index (χ1v) is 16.0. The number of ether oxygens (including phenoxy) is 2. The lowest BCUT2D eigenvalue weighted by Gasteiger charge is -2.41. The minimum absolute atomic E-state index is 0.0179. The molecule has 1 fully saturated rings. The largest absolute Gasteiger partial charge is 0.478 e. The Labute approximate surface area is 267 Å². The number of nitrogens with one attached hydrogen (secondary N) is 2. The molecule has 4 aromatic rings. The number of urea groups is 1. The monoisotopic (exact) mass is 626 g/mol. The first-order chi connectivity index (χ1) is 21.8. The molecule has 9 heteroatoms. The molecule has 8 nitrogen and oxygen atoms in total. The predicted octanol–water partition coefficient (Wildman–Crippen LogP) is 6.95. The molecular formula is C36H38N2O6S. The molecule has 0 radical (unpaired) electrons. The Balaban J connectivity index is 1.38. The van der Waals surface area contributed by atoms with E-state index in [-0.39, 0.29) is 36.3 Å². The summed E-state index contributed by atoms with van der Waals surface area (Å²) in [5.74, 6) is -0.279. The van der Waals surface area contributed by atoms with E-state index in [2.05, 4.69) is 29.7 Å². The van der Waals surface area contributed by atoms with E-state index in [0.29, 0.717) is 18.8 Å². The maximum Gasteiger partial charge on any atom is 0.335 e. The van der Waals surface area contributed by atoms with E-state index in [1.807, 2.05) is 79.7 Å². The first kappa shape index (κ1) is 32.2. The molecule has 2 amide bonds. The number of thioether (sulfide) groups is 1. The Kier molecular flexibility index (Phi) is 10.9. The second-order valence-corrected chi connectivity index (χ2v) is 12.1. The fourth-order valence-corrected chi connectivity index (χ4v) is 6.38. The number of carboxylic acids is 1. The van der Waals surface area contributed by atoms with Crippen LogP contribution >= 0.6 is 11.8 Å². The van der Waals surface area contributed by atoms with Crippen molar-refractivity contribution in [3.63, 3.8) is 0 Å². The molecule has 1 aliphatic rings. The van der Waals surface area contributed by atoms with Gasteiger partial charge in [-0.15, -0.1) is 11.8 Å². The van der Waals surface area contributed by atoms with Crippen LogP contribution in [-0.4, -0.2) is 40.6 Å². The fourth-order valence-electron chi connectivity index (χ4n) is 5.31. The highest BCUT2D eigenvalue weighted by Crippen LogP contribution is 2.43. The van der Waals surface area contributed by atoms with Gasteiger partial charge >= 0.3 is 12.0 Å². The van der Waals surface area contributed by atoms with Crippen molar-refractivity contribution in [1.82, 2.24) is 10.6 Å². The minimum Gasteiger partial charge on any atom is -0.478 e. The van der Waals surface area contributed by atoms with Gasteiger partial charge in [-0.1, -0.05) is 67.6 Å². The zero-order chi connectivity index (χ0) is 31.8. The van der Waals surface area contributed by atoms with Gasteiger partial charge in [-0.25, -0.2) is 9.59 Å². The average Bonchev–Trinajstić information content (AvgIpc) is 3.07. The van der Waals surface area contributed by atoms with Gasteiger partial charge in [0.15, 0.2) is 6.29 Å². The van der Waals surface area contributed by atoms with Crippen LogP contribution in [0.2, 0.25) is 0 Å². The molecule has 0 spiro atoms. The van der Waals surface area contributed by atoms with Gasteiger partial charge < -0.3 is 30.3 Å². The summed E-state index contributed by atoms with van der Waals surface area (Å²) in [6.07, 6.45) is -1.03. The molecule has 4 aromatic carbocycles. The highest BCUT2D eigenvalue weighted by atomic mass is 32.2. The summed E-state index contributed by atoms with van der Waals surface area (Å²) in [6.45, 7) is 4.96. The van der Waals surface area contributed by atoms with Crippen molar-refractivity contribution in [1.29, 1.82) is 0 Å². The average molecular weight is 627 g/mol. The maximum atomic E-state index is 11.9. The van der Waals surface area contributed by atoms with Crippen molar-refractivity contribution in [3.8, 4) is 11.1 Å². The third-order valence-corrected chi connectivity index (χ3v) is 8.95. The van der Waals surface area contributed by atoms with E-state index in [4.69, 9.17) is 9.47 Å². The van der Waals surface area contributed by atoms with Crippen molar-refractivity contribution in [2.45, 2.75) is 50.4 Å². The quantitative estimate of drug-likeness (QED) is 0.133. The summed E-state index contributed by atoms with van der Waals surface area (Å²) in [5.41, 5.74) is 6.01. The summed E-state index contributed by atoms with van der Waals surface area (Å²) >= 11 is 1.62. The van der Waals surface area contributed by atoms with Crippen molar-refractivity contribution >= 4 is 23.8 Å². The first-order valence-electron chi connectivity index (χ1n) is 15.0. The van der Waals surface area contributed by atoms with Gasteiger partial charge in [0, 0.05) is 35.2 Å². The zero-order valence-electron chi connectivity index (χ0n) is 25.3. The molecule has 5 rings (SSSR count). The van der Waals surface area contributed by atoms with E-state index in [1.165, 1.54) is 0 Å². The molecule has 4 unspecified atom stereocenters. The third kappa shape index (κ3) is 8.32. The fraction of sp³-hybridized carbons (Fsp3) is 0.278. The molecule has 234 valence electrons. The van der Waals surface area contributed by atoms with Crippen molar-refractivity contribution < 1.29 is 29.3 Å². The Morgan fingerprint density at radius 3 is 2.22 bits per heavy atom. The Bertz CT molecular complexity index is 1590. The van der Waals surface area contributed by atoms with Gasteiger partial charge in [0.2, 0.25) is 0 Å². The number of carboxylic acid groups (broad SMARTS) is 1. The third-order valence-electron chi connectivity index (χ3n) is 7.85. The summed E-state index contributed by atoms with van der Waals surface area (Å²) < 4.78 is 13.3. The Hall–Kier alpha value is -4.15. The van der Waals surface area contributed by atoms with E-state index < -0.39 is 12.3 Å². The molecule has 0 bridgehead atoms. The molecule has 0 saturated carbocycles. The van der Waals surface area contributed by atoms with Crippen LogP contribution in [0.15, 0.2) is 102 Å². The molecule has 1 saturated heterocycles. The molecular weight excluding hydrogens is 588 g/mol. The van der Waals surface area contributed by atoms with Gasteiger partial charge in [0.1, 0.15) is 0 Å². The summed E-state index contributed by atoms with van der Waals surface area (Å²) in [6, 6.07) is 30.7. The number of aromatic carboxylic acids is 1. The topological polar surface area (TPSA) is 117 Å². The molecule has 0 aromatic heterocycles. The second-order valence-electron chi connectivity index (χ2n) is 11.0. The smallest absolute Gasteiger partial charge is 0.335 e. The van der Waals surface area contributed by atoms with Crippen molar-refractivity contribution in [2.24, 2.45) is 5.92 Å². The van der Waals surface area contributed by atoms with Crippen LogP contribution in [0, 0.1) is 5.92 Å². The van der Waals surface area contributed by atoms with E-state index in [0.717, 1.165) is 38.3 Å². The van der Waals surface area contributed by atoms with E-state index in [1.54, 1.807) is 23.9 Å². The highest BCUT2D eigenvalue weighted by molar-refractivity contribution is 7.99.